The number of thioether (sulfide) groups is 1. The van der Waals surface area contributed by atoms with Gasteiger partial charge in [0.05, 0.1) is 11.9 Å². The van der Waals surface area contributed by atoms with E-state index in [9.17, 15) is 4.79 Å². The van der Waals surface area contributed by atoms with Gasteiger partial charge >= 0.3 is 0 Å². The molecule has 0 aliphatic heterocycles. The van der Waals surface area contributed by atoms with Crippen LogP contribution in [0.5, 0.6) is 0 Å². The van der Waals surface area contributed by atoms with E-state index >= 15 is 0 Å². The van der Waals surface area contributed by atoms with E-state index in [2.05, 4.69) is 15.3 Å². The number of rotatable bonds is 4. The van der Waals surface area contributed by atoms with Crippen molar-refractivity contribution in [3.05, 3.63) is 54.2 Å². The predicted octanol–water partition coefficient (Wildman–Crippen LogP) is 2.81. The molecule has 3 aromatic rings. The van der Waals surface area contributed by atoms with E-state index in [1.54, 1.807) is 0 Å². The number of carbonyl (C=O) groups excluding carboxylic acids is 1. The summed E-state index contributed by atoms with van der Waals surface area (Å²) in [5.74, 6) is 0.0986. The first kappa shape index (κ1) is 15.8. The molecule has 3 N–H and O–H groups in total. The van der Waals surface area contributed by atoms with Crippen LogP contribution in [0.25, 0.3) is 10.8 Å². The van der Waals surface area contributed by atoms with Crippen molar-refractivity contribution in [3.63, 3.8) is 0 Å². The molecule has 3 rings (SSSR count). The van der Waals surface area contributed by atoms with Crippen LogP contribution < -0.4 is 11.1 Å². The summed E-state index contributed by atoms with van der Waals surface area (Å²) < 4.78 is 0. The minimum absolute atomic E-state index is 0.115. The van der Waals surface area contributed by atoms with Crippen LogP contribution >= 0.6 is 11.8 Å². The summed E-state index contributed by atoms with van der Waals surface area (Å²) in [5.41, 5.74) is 6.62. The molecule has 2 aromatic carbocycles. The van der Waals surface area contributed by atoms with Crippen molar-refractivity contribution < 1.29 is 4.79 Å². The van der Waals surface area contributed by atoms with Gasteiger partial charge in [-0.1, -0.05) is 48.2 Å². The van der Waals surface area contributed by atoms with Gasteiger partial charge in [-0.3, -0.25) is 4.79 Å². The van der Waals surface area contributed by atoms with Gasteiger partial charge in [0.25, 0.3) is 0 Å². The minimum Gasteiger partial charge on any atom is -0.382 e. The predicted molar refractivity (Wildman–Crippen MR) is 94.5 cm³/mol. The van der Waals surface area contributed by atoms with Crippen molar-refractivity contribution in [1.82, 2.24) is 9.97 Å². The van der Waals surface area contributed by atoms with Crippen molar-refractivity contribution in [2.24, 2.45) is 0 Å². The van der Waals surface area contributed by atoms with Gasteiger partial charge in [-0.05, 0) is 11.5 Å². The summed E-state index contributed by atoms with van der Waals surface area (Å²) in [6.07, 6.45) is 1.35. The van der Waals surface area contributed by atoms with Crippen LogP contribution in [0.4, 0.5) is 11.5 Å². The Labute approximate surface area is 142 Å². The second-order valence-corrected chi connectivity index (χ2v) is 5.87. The first-order chi connectivity index (χ1) is 11.7. The number of fused-ring (bicyclic) bond motifs is 1. The second kappa shape index (κ2) is 6.98. The molecule has 0 aliphatic rings. The summed E-state index contributed by atoms with van der Waals surface area (Å²) in [7, 11) is 0. The maximum atomic E-state index is 12.2. The molecule has 0 saturated carbocycles. The number of aromatic nitrogens is 2. The van der Waals surface area contributed by atoms with Gasteiger partial charge < -0.3 is 11.1 Å². The van der Waals surface area contributed by atoms with Crippen LogP contribution in [-0.2, 0) is 4.79 Å². The topological polar surface area (TPSA) is 105 Å². The van der Waals surface area contributed by atoms with Crippen LogP contribution in [-0.4, -0.2) is 21.6 Å². The van der Waals surface area contributed by atoms with Gasteiger partial charge in [0.15, 0.2) is 5.16 Å². The molecule has 0 saturated heterocycles. The van der Waals surface area contributed by atoms with E-state index in [1.165, 1.54) is 6.20 Å². The van der Waals surface area contributed by atoms with E-state index in [0.29, 0.717) is 5.16 Å². The van der Waals surface area contributed by atoms with E-state index in [4.69, 9.17) is 11.0 Å². The average Bonchev–Trinajstić information content (AvgIpc) is 2.60. The SMILES string of the molecule is N#Cc1cnc(SCC(=O)Nc2cccc3ccccc23)nc1N. The molecule has 0 atom stereocenters. The number of nitrogen functional groups attached to an aromatic ring is 1. The summed E-state index contributed by atoms with van der Waals surface area (Å²) >= 11 is 1.16. The zero-order chi connectivity index (χ0) is 16.9. The van der Waals surface area contributed by atoms with Gasteiger partial charge in [0, 0.05) is 11.1 Å². The molecule has 0 spiro atoms. The van der Waals surface area contributed by atoms with E-state index in [-0.39, 0.29) is 23.0 Å². The summed E-state index contributed by atoms with van der Waals surface area (Å²) in [6.45, 7) is 0. The smallest absolute Gasteiger partial charge is 0.234 e. The second-order valence-electron chi connectivity index (χ2n) is 4.93. The summed E-state index contributed by atoms with van der Waals surface area (Å²) in [4.78, 5) is 20.2. The highest BCUT2D eigenvalue weighted by Crippen LogP contribution is 2.23. The number of nitrogens with one attached hydrogen (secondary N) is 1. The lowest BCUT2D eigenvalue weighted by Gasteiger charge is -2.08. The van der Waals surface area contributed by atoms with Crippen LogP contribution in [0, 0.1) is 11.3 Å². The fraction of sp³-hybridized carbons (Fsp3) is 0.0588. The molecular formula is C17H13N5OS. The molecule has 118 valence electrons. The van der Waals surface area contributed by atoms with E-state index in [1.807, 2.05) is 48.5 Å². The fourth-order valence-electron chi connectivity index (χ4n) is 2.18. The molecule has 7 heteroatoms. The number of anilines is 2. The minimum atomic E-state index is -0.164. The Kier molecular flexibility index (Phi) is 4.59. The number of hydrogen-bond donors (Lipinski definition) is 2. The molecule has 0 bridgehead atoms. The Morgan fingerprint density at radius 2 is 2.04 bits per heavy atom. The third-order valence-electron chi connectivity index (χ3n) is 3.31. The number of amides is 1. The lowest BCUT2D eigenvalue weighted by molar-refractivity contribution is -0.113. The van der Waals surface area contributed by atoms with Crippen LogP contribution in [0.2, 0.25) is 0 Å². The van der Waals surface area contributed by atoms with E-state index in [0.717, 1.165) is 28.2 Å². The van der Waals surface area contributed by atoms with Gasteiger partial charge in [-0.25, -0.2) is 9.97 Å². The Hall–Kier alpha value is -3.11. The molecule has 0 unspecified atom stereocenters. The Bertz CT molecular complexity index is 946. The maximum absolute atomic E-state index is 12.2. The van der Waals surface area contributed by atoms with Crippen LogP contribution in [0.1, 0.15) is 5.56 Å². The third kappa shape index (κ3) is 3.45. The average molecular weight is 335 g/mol. The number of hydrogen-bond acceptors (Lipinski definition) is 6. The van der Waals surface area contributed by atoms with Crippen molar-refractivity contribution >= 4 is 39.9 Å². The molecule has 0 radical (unpaired) electrons. The zero-order valence-electron chi connectivity index (χ0n) is 12.6. The molecular weight excluding hydrogens is 322 g/mol. The fourth-order valence-corrected chi connectivity index (χ4v) is 2.81. The quantitative estimate of drug-likeness (QED) is 0.561. The normalized spacial score (nSPS) is 10.3. The standard InChI is InChI=1S/C17H13N5OS/c18-8-12-9-20-17(22-16(12)19)24-10-15(23)21-14-7-3-5-11-4-1-2-6-13(11)14/h1-7,9H,10H2,(H,21,23)(H2,19,20,22). The van der Waals surface area contributed by atoms with Gasteiger partial charge in [0.2, 0.25) is 5.91 Å². The molecule has 1 aromatic heterocycles. The van der Waals surface area contributed by atoms with E-state index < -0.39 is 0 Å². The van der Waals surface area contributed by atoms with Crippen molar-refractivity contribution in [1.29, 1.82) is 5.26 Å². The summed E-state index contributed by atoms with van der Waals surface area (Å²) in [5, 5.41) is 14.1. The number of benzene rings is 2. The number of nitrogens with two attached hydrogens (primary N) is 1. The molecule has 6 nitrogen and oxygen atoms in total. The first-order valence-corrected chi connectivity index (χ1v) is 8.09. The van der Waals surface area contributed by atoms with Gasteiger partial charge in [-0.15, -0.1) is 0 Å². The van der Waals surface area contributed by atoms with Gasteiger partial charge in [0.1, 0.15) is 17.5 Å². The highest BCUT2D eigenvalue weighted by atomic mass is 32.2. The maximum Gasteiger partial charge on any atom is 0.234 e. The lowest BCUT2D eigenvalue weighted by Crippen LogP contribution is -2.14. The van der Waals surface area contributed by atoms with Crippen LogP contribution in [0.15, 0.2) is 53.8 Å². The van der Waals surface area contributed by atoms with Crippen molar-refractivity contribution in [2.45, 2.75) is 5.16 Å². The molecule has 0 fully saturated rings. The first-order valence-electron chi connectivity index (χ1n) is 7.10. The van der Waals surface area contributed by atoms with Gasteiger partial charge in [-0.2, -0.15) is 5.26 Å². The Morgan fingerprint density at radius 1 is 1.25 bits per heavy atom. The highest BCUT2D eigenvalue weighted by Gasteiger charge is 2.09. The zero-order valence-corrected chi connectivity index (χ0v) is 13.4. The molecule has 1 amide bonds. The third-order valence-corrected chi connectivity index (χ3v) is 4.17. The Morgan fingerprint density at radius 3 is 2.83 bits per heavy atom. The molecule has 0 aliphatic carbocycles. The monoisotopic (exact) mass is 335 g/mol. The van der Waals surface area contributed by atoms with Crippen molar-refractivity contribution in [3.8, 4) is 6.07 Å². The largest absolute Gasteiger partial charge is 0.382 e. The number of nitrogens with zero attached hydrogens (tertiary/aromatic N) is 3. The van der Waals surface area contributed by atoms with Crippen molar-refractivity contribution in [2.75, 3.05) is 16.8 Å². The van der Waals surface area contributed by atoms with Crippen LogP contribution in [0.3, 0.4) is 0 Å². The molecule has 24 heavy (non-hydrogen) atoms. The molecule has 1 heterocycles. The number of nitriles is 1. The Balaban J connectivity index is 1.67. The summed E-state index contributed by atoms with van der Waals surface area (Å²) in [6, 6.07) is 15.5. The lowest BCUT2D eigenvalue weighted by atomic mass is 10.1. The highest BCUT2D eigenvalue weighted by molar-refractivity contribution is 7.99. The number of carbonyl (C=O) groups is 1.